The maximum Gasteiger partial charge on any atom is 0.170 e. The Labute approximate surface area is 164 Å². The number of ketones is 1. The Morgan fingerprint density at radius 3 is 2.57 bits per heavy atom. The summed E-state index contributed by atoms with van der Waals surface area (Å²) in [5, 5.41) is 10.3. The van der Waals surface area contributed by atoms with Crippen LogP contribution in [0, 0.1) is 0 Å². The summed E-state index contributed by atoms with van der Waals surface area (Å²) in [6, 6.07) is 9.00. The summed E-state index contributed by atoms with van der Waals surface area (Å²) < 4.78 is 22.9. The maximum atomic E-state index is 12.8. The lowest BCUT2D eigenvalue weighted by atomic mass is 9.88. The van der Waals surface area contributed by atoms with E-state index in [1.807, 2.05) is 26.0 Å². The van der Waals surface area contributed by atoms with E-state index in [2.05, 4.69) is 0 Å². The number of fused-ring (bicyclic) bond motifs is 2. The normalized spacial score (nSPS) is 22.4. The molecule has 2 unspecified atom stereocenters. The molecule has 28 heavy (non-hydrogen) atoms. The predicted molar refractivity (Wildman–Crippen MR) is 103 cm³/mol. The molecule has 2 atom stereocenters. The van der Waals surface area contributed by atoms with Crippen molar-refractivity contribution in [3.8, 4) is 23.0 Å². The van der Waals surface area contributed by atoms with Gasteiger partial charge in [-0.3, -0.25) is 4.79 Å². The summed E-state index contributed by atoms with van der Waals surface area (Å²) in [5.41, 5.74) is 1.44. The summed E-state index contributed by atoms with van der Waals surface area (Å²) >= 11 is 0. The third-order valence-corrected chi connectivity index (χ3v) is 5.48. The van der Waals surface area contributed by atoms with Gasteiger partial charge in [-0.15, -0.1) is 0 Å². The van der Waals surface area contributed by atoms with Crippen LogP contribution in [0.15, 0.2) is 30.3 Å². The molecule has 0 amide bonds. The number of Topliss-reactive ketones (excluding diaryl/α,β-unsaturated/α-hetero) is 1. The van der Waals surface area contributed by atoms with E-state index in [9.17, 15) is 9.90 Å². The number of rotatable bonds is 3. The highest BCUT2D eigenvalue weighted by Crippen LogP contribution is 2.44. The molecular formula is C22H24O6. The highest BCUT2D eigenvalue weighted by atomic mass is 16.5. The van der Waals surface area contributed by atoms with Gasteiger partial charge in [-0.05, 0) is 37.6 Å². The summed E-state index contributed by atoms with van der Waals surface area (Å²) in [6.07, 6.45) is -0.433. The fraction of sp³-hybridized carbons (Fsp3) is 0.409. The predicted octanol–water partition coefficient (Wildman–Crippen LogP) is 3.48. The molecule has 0 spiro atoms. The first-order valence-corrected chi connectivity index (χ1v) is 9.28. The molecule has 4 rings (SSSR count). The average Bonchev–Trinajstić information content (AvgIpc) is 2.67. The van der Waals surface area contributed by atoms with Gasteiger partial charge in [0, 0.05) is 24.1 Å². The van der Waals surface area contributed by atoms with Crippen LogP contribution in [0.2, 0.25) is 0 Å². The van der Waals surface area contributed by atoms with Crippen LogP contribution in [0.3, 0.4) is 0 Å². The van der Waals surface area contributed by atoms with Crippen molar-refractivity contribution >= 4 is 5.78 Å². The molecule has 0 aliphatic carbocycles. The number of methoxy groups -OCH3 is 2. The van der Waals surface area contributed by atoms with Crippen molar-refractivity contribution in [3.63, 3.8) is 0 Å². The minimum atomic E-state index is -0.696. The molecule has 6 heteroatoms. The summed E-state index contributed by atoms with van der Waals surface area (Å²) in [5.74, 6) is 2.41. The fourth-order valence-corrected chi connectivity index (χ4v) is 3.71. The molecule has 0 bridgehead atoms. The zero-order valence-electron chi connectivity index (χ0n) is 16.4. The molecule has 0 saturated heterocycles. The van der Waals surface area contributed by atoms with Crippen LogP contribution in [0.4, 0.5) is 0 Å². The van der Waals surface area contributed by atoms with Crippen LogP contribution in [-0.2, 0) is 6.42 Å². The molecule has 2 aromatic carbocycles. The van der Waals surface area contributed by atoms with E-state index in [-0.39, 0.29) is 12.2 Å². The number of ether oxygens (including phenoxy) is 4. The lowest BCUT2D eigenvalue weighted by Crippen LogP contribution is -2.46. The number of carbonyl (C=O) groups excluding carboxylic acids is 1. The summed E-state index contributed by atoms with van der Waals surface area (Å²) in [6.45, 7) is 3.69. The van der Waals surface area contributed by atoms with E-state index in [4.69, 9.17) is 18.9 Å². The second-order valence-corrected chi connectivity index (χ2v) is 7.72. The highest BCUT2D eigenvalue weighted by Gasteiger charge is 2.38. The van der Waals surface area contributed by atoms with Gasteiger partial charge < -0.3 is 24.1 Å². The van der Waals surface area contributed by atoms with E-state index < -0.39 is 17.8 Å². The number of hydrogen-bond acceptors (Lipinski definition) is 6. The molecule has 0 fully saturated rings. The van der Waals surface area contributed by atoms with E-state index in [0.717, 1.165) is 11.1 Å². The van der Waals surface area contributed by atoms with Crippen LogP contribution >= 0.6 is 0 Å². The van der Waals surface area contributed by atoms with Crippen molar-refractivity contribution in [1.82, 2.24) is 0 Å². The standard InChI is InChI=1S/C22H24O6/c1-22(2)21(24)8-12-7-15-16(23)10-19(27-20(15)11-17(12)28-22)14-6-5-13(25-3)9-18(14)26-4/h5-7,9,11,19,21,24H,8,10H2,1-4H3. The molecule has 2 aliphatic rings. The van der Waals surface area contributed by atoms with Gasteiger partial charge in [0.2, 0.25) is 0 Å². The topological polar surface area (TPSA) is 74.2 Å². The maximum absolute atomic E-state index is 12.8. The van der Waals surface area contributed by atoms with Crippen LogP contribution in [-0.4, -0.2) is 36.8 Å². The number of benzene rings is 2. The Morgan fingerprint density at radius 2 is 1.86 bits per heavy atom. The molecule has 1 N–H and O–H groups in total. The SMILES string of the molecule is COc1ccc(C2CC(=O)c3cc4c(cc3O2)OC(C)(C)C(O)C4)c(OC)c1. The first-order chi connectivity index (χ1) is 13.3. The fourth-order valence-electron chi connectivity index (χ4n) is 3.71. The minimum Gasteiger partial charge on any atom is -0.497 e. The van der Waals surface area contributed by atoms with Crippen molar-refractivity contribution in [2.75, 3.05) is 14.2 Å². The van der Waals surface area contributed by atoms with Crippen LogP contribution in [0.25, 0.3) is 0 Å². The first-order valence-electron chi connectivity index (χ1n) is 9.28. The second-order valence-electron chi connectivity index (χ2n) is 7.72. The van der Waals surface area contributed by atoms with E-state index in [0.29, 0.717) is 35.0 Å². The van der Waals surface area contributed by atoms with Crippen LogP contribution in [0.1, 0.15) is 47.9 Å². The molecular weight excluding hydrogens is 360 g/mol. The van der Waals surface area contributed by atoms with E-state index in [1.54, 1.807) is 32.4 Å². The Morgan fingerprint density at radius 1 is 1.07 bits per heavy atom. The van der Waals surface area contributed by atoms with Crippen LogP contribution in [0.5, 0.6) is 23.0 Å². The third-order valence-electron chi connectivity index (χ3n) is 5.48. The summed E-state index contributed by atoms with van der Waals surface area (Å²) in [4.78, 5) is 12.8. The van der Waals surface area contributed by atoms with Gasteiger partial charge in [-0.1, -0.05) is 0 Å². The van der Waals surface area contributed by atoms with Gasteiger partial charge in [0.25, 0.3) is 0 Å². The molecule has 0 radical (unpaired) electrons. The number of aliphatic hydroxyl groups is 1. The number of aliphatic hydroxyl groups excluding tert-OH is 1. The Bertz CT molecular complexity index is 933. The second kappa shape index (κ2) is 6.71. The summed E-state index contributed by atoms with van der Waals surface area (Å²) in [7, 11) is 3.17. The van der Waals surface area contributed by atoms with Crippen molar-refractivity contribution in [1.29, 1.82) is 0 Å². The van der Waals surface area contributed by atoms with Crippen LogP contribution < -0.4 is 18.9 Å². The largest absolute Gasteiger partial charge is 0.497 e. The Kier molecular flexibility index (Phi) is 4.46. The molecule has 0 saturated carbocycles. The monoisotopic (exact) mass is 384 g/mol. The number of carbonyl (C=O) groups is 1. The Balaban J connectivity index is 1.70. The van der Waals surface area contributed by atoms with Gasteiger partial charge in [-0.2, -0.15) is 0 Å². The highest BCUT2D eigenvalue weighted by molar-refractivity contribution is 6.00. The molecule has 2 heterocycles. The molecule has 0 aromatic heterocycles. The average molecular weight is 384 g/mol. The van der Waals surface area contributed by atoms with Crippen molar-refractivity contribution in [2.24, 2.45) is 0 Å². The van der Waals surface area contributed by atoms with Gasteiger partial charge in [0.1, 0.15) is 34.7 Å². The number of hydrogen-bond donors (Lipinski definition) is 1. The van der Waals surface area contributed by atoms with E-state index >= 15 is 0 Å². The van der Waals surface area contributed by atoms with Gasteiger partial charge in [0.15, 0.2) is 5.78 Å². The molecule has 2 aromatic rings. The quantitative estimate of drug-likeness (QED) is 0.873. The lowest BCUT2D eigenvalue weighted by molar-refractivity contribution is -0.0414. The zero-order chi connectivity index (χ0) is 20.1. The lowest BCUT2D eigenvalue weighted by Gasteiger charge is -2.38. The smallest absolute Gasteiger partial charge is 0.170 e. The van der Waals surface area contributed by atoms with Gasteiger partial charge in [0.05, 0.1) is 32.3 Å². The van der Waals surface area contributed by atoms with Crippen molar-refractivity contribution < 1.29 is 28.8 Å². The third kappa shape index (κ3) is 3.07. The first kappa shape index (κ1) is 18.6. The van der Waals surface area contributed by atoms with E-state index in [1.165, 1.54) is 0 Å². The minimum absolute atomic E-state index is 0.00811. The van der Waals surface area contributed by atoms with Crippen molar-refractivity contribution in [2.45, 2.75) is 44.5 Å². The Hall–Kier alpha value is -2.73. The molecule has 2 aliphatic heterocycles. The zero-order valence-corrected chi connectivity index (χ0v) is 16.4. The molecule has 6 nitrogen and oxygen atoms in total. The van der Waals surface area contributed by atoms with Crippen molar-refractivity contribution in [3.05, 3.63) is 47.0 Å². The van der Waals surface area contributed by atoms with Gasteiger partial charge in [-0.25, -0.2) is 0 Å². The van der Waals surface area contributed by atoms with Gasteiger partial charge >= 0.3 is 0 Å². The molecule has 148 valence electrons.